The van der Waals surface area contributed by atoms with Gasteiger partial charge in [0.15, 0.2) is 0 Å². The fourth-order valence-electron chi connectivity index (χ4n) is 2.39. The molecule has 1 amide bonds. The van der Waals surface area contributed by atoms with E-state index in [4.69, 9.17) is 16.0 Å². The van der Waals surface area contributed by atoms with Gasteiger partial charge in [0.1, 0.15) is 0 Å². The van der Waals surface area contributed by atoms with Gasteiger partial charge in [-0.3, -0.25) is 4.79 Å². The number of hydrogen-bond donors (Lipinski definition) is 1. The molecule has 0 atom stereocenters. The molecule has 3 aromatic rings. The van der Waals surface area contributed by atoms with Crippen molar-refractivity contribution in [2.45, 2.75) is 31.4 Å². The first-order valence-corrected chi connectivity index (χ1v) is 9.80. The zero-order chi connectivity index (χ0) is 19.4. The number of aromatic nitrogens is 2. The van der Waals surface area contributed by atoms with Crippen LogP contribution in [0.3, 0.4) is 0 Å². The van der Waals surface area contributed by atoms with Crippen molar-refractivity contribution in [1.82, 2.24) is 10.2 Å². The Morgan fingerprint density at radius 3 is 2.56 bits per heavy atom. The molecule has 140 valence electrons. The van der Waals surface area contributed by atoms with Crippen LogP contribution in [-0.2, 0) is 10.2 Å². The predicted octanol–water partition coefficient (Wildman–Crippen LogP) is 5.42. The second-order valence-electron chi connectivity index (χ2n) is 7.05. The average Bonchev–Trinajstić information content (AvgIpc) is 3.08. The topological polar surface area (TPSA) is 68.0 Å². The highest BCUT2D eigenvalue weighted by Gasteiger charge is 2.15. The van der Waals surface area contributed by atoms with Gasteiger partial charge in [0.05, 0.1) is 5.75 Å². The minimum atomic E-state index is -0.170. The quantitative estimate of drug-likeness (QED) is 0.578. The Labute approximate surface area is 167 Å². The number of benzene rings is 2. The van der Waals surface area contributed by atoms with Gasteiger partial charge in [-0.05, 0) is 41.3 Å². The Hall–Kier alpha value is -2.31. The van der Waals surface area contributed by atoms with Crippen LogP contribution in [0.5, 0.6) is 0 Å². The summed E-state index contributed by atoms with van der Waals surface area (Å²) in [4.78, 5) is 12.0. The smallest absolute Gasteiger partial charge is 0.277 e. The van der Waals surface area contributed by atoms with E-state index in [0.29, 0.717) is 21.8 Å². The SMILES string of the molecule is CC(C)(C)c1ccc(-c2nnc(SCC(=O)Nc3cccc(Cl)c3)o2)cc1. The van der Waals surface area contributed by atoms with E-state index in [2.05, 4.69) is 48.4 Å². The van der Waals surface area contributed by atoms with Crippen LogP contribution >= 0.6 is 23.4 Å². The van der Waals surface area contributed by atoms with E-state index in [-0.39, 0.29) is 17.1 Å². The molecule has 3 rings (SSSR count). The summed E-state index contributed by atoms with van der Waals surface area (Å²) in [5.74, 6) is 0.432. The Bertz CT molecular complexity index is 933. The molecule has 0 aliphatic carbocycles. The molecular formula is C20H20ClN3O2S. The molecule has 1 heterocycles. The fraction of sp³-hybridized carbons (Fsp3) is 0.250. The second kappa shape index (κ2) is 8.15. The van der Waals surface area contributed by atoms with Crippen LogP contribution in [0.2, 0.25) is 5.02 Å². The van der Waals surface area contributed by atoms with Crippen molar-refractivity contribution in [3.63, 3.8) is 0 Å². The summed E-state index contributed by atoms with van der Waals surface area (Å²) in [6, 6.07) is 15.1. The maximum atomic E-state index is 12.0. The minimum absolute atomic E-state index is 0.0880. The monoisotopic (exact) mass is 401 g/mol. The average molecular weight is 402 g/mol. The summed E-state index contributed by atoms with van der Waals surface area (Å²) in [6.45, 7) is 6.49. The third-order valence-corrected chi connectivity index (χ3v) is 4.89. The minimum Gasteiger partial charge on any atom is -0.411 e. The number of nitrogens with one attached hydrogen (secondary N) is 1. The van der Waals surface area contributed by atoms with Gasteiger partial charge < -0.3 is 9.73 Å². The second-order valence-corrected chi connectivity index (χ2v) is 8.41. The molecule has 0 unspecified atom stereocenters. The Morgan fingerprint density at radius 1 is 1.15 bits per heavy atom. The molecule has 0 spiro atoms. The molecular weight excluding hydrogens is 382 g/mol. The lowest BCUT2D eigenvalue weighted by atomic mass is 9.87. The number of amides is 1. The summed E-state index contributed by atoms with van der Waals surface area (Å²) in [5.41, 5.74) is 2.83. The highest BCUT2D eigenvalue weighted by atomic mass is 35.5. The molecule has 0 saturated heterocycles. The zero-order valence-electron chi connectivity index (χ0n) is 15.3. The van der Waals surface area contributed by atoms with Crippen LogP contribution in [0.1, 0.15) is 26.3 Å². The normalized spacial score (nSPS) is 11.4. The molecule has 0 saturated carbocycles. The van der Waals surface area contributed by atoms with Crippen molar-refractivity contribution in [2.75, 3.05) is 11.1 Å². The van der Waals surface area contributed by atoms with E-state index < -0.39 is 0 Å². The van der Waals surface area contributed by atoms with Crippen molar-refractivity contribution >= 4 is 35.0 Å². The molecule has 0 radical (unpaired) electrons. The Balaban J connectivity index is 1.58. The number of rotatable bonds is 5. The first-order chi connectivity index (χ1) is 12.8. The highest BCUT2D eigenvalue weighted by Crippen LogP contribution is 2.27. The van der Waals surface area contributed by atoms with Crippen molar-refractivity contribution in [3.8, 4) is 11.5 Å². The number of thioether (sulfide) groups is 1. The summed E-state index contributed by atoms with van der Waals surface area (Å²) < 4.78 is 5.65. The molecule has 27 heavy (non-hydrogen) atoms. The highest BCUT2D eigenvalue weighted by molar-refractivity contribution is 7.99. The van der Waals surface area contributed by atoms with Gasteiger partial charge in [-0.25, -0.2) is 0 Å². The van der Waals surface area contributed by atoms with Crippen molar-refractivity contribution in [2.24, 2.45) is 0 Å². The van der Waals surface area contributed by atoms with Crippen LogP contribution < -0.4 is 5.32 Å². The maximum absolute atomic E-state index is 12.0. The number of nitrogens with zero attached hydrogens (tertiary/aromatic N) is 2. The van der Waals surface area contributed by atoms with E-state index >= 15 is 0 Å². The van der Waals surface area contributed by atoms with Gasteiger partial charge in [-0.15, -0.1) is 10.2 Å². The molecule has 2 aromatic carbocycles. The molecule has 0 fully saturated rings. The van der Waals surface area contributed by atoms with Crippen molar-refractivity contribution < 1.29 is 9.21 Å². The molecule has 7 heteroatoms. The van der Waals surface area contributed by atoms with Gasteiger partial charge in [0.25, 0.3) is 5.22 Å². The van der Waals surface area contributed by atoms with Crippen LogP contribution in [-0.4, -0.2) is 21.9 Å². The molecule has 1 aromatic heterocycles. The third kappa shape index (κ3) is 5.34. The number of hydrogen-bond acceptors (Lipinski definition) is 5. The van der Waals surface area contributed by atoms with Crippen molar-refractivity contribution in [1.29, 1.82) is 0 Å². The molecule has 0 bridgehead atoms. The first-order valence-electron chi connectivity index (χ1n) is 8.44. The van der Waals surface area contributed by atoms with E-state index in [1.165, 1.54) is 17.3 Å². The van der Waals surface area contributed by atoms with E-state index in [0.717, 1.165) is 5.56 Å². The van der Waals surface area contributed by atoms with Crippen LogP contribution in [0.25, 0.3) is 11.5 Å². The Morgan fingerprint density at radius 2 is 1.89 bits per heavy atom. The van der Waals surface area contributed by atoms with Gasteiger partial charge in [0.2, 0.25) is 11.8 Å². The summed E-state index contributed by atoms with van der Waals surface area (Å²) in [5, 5.41) is 11.8. The number of carbonyl (C=O) groups excluding carboxylic acids is 1. The Kier molecular flexibility index (Phi) is 5.87. The first kappa shape index (κ1) is 19.5. The molecule has 0 aliphatic rings. The van der Waals surface area contributed by atoms with Gasteiger partial charge >= 0.3 is 0 Å². The van der Waals surface area contributed by atoms with Crippen molar-refractivity contribution in [3.05, 3.63) is 59.1 Å². The lowest BCUT2D eigenvalue weighted by Crippen LogP contribution is -2.13. The third-order valence-electron chi connectivity index (χ3n) is 3.84. The lowest BCUT2D eigenvalue weighted by molar-refractivity contribution is -0.113. The largest absolute Gasteiger partial charge is 0.411 e. The van der Waals surface area contributed by atoms with E-state index in [9.17, 15) is 4.79 Å². The fourth-order valence-corrected chi connectivity index (χ4v) is 3.14. The van der Waals surface area contributed by atoms with E-state index in [1.807, 2.05) is 12.1 Å². The molecule has 5 nitrogen and oxygen atoms in total. The van der Waals surface area contributed by atoms with Crippen LogP contribution in [0.4, 0.5) is 5.69 Å². The van der Waals surface area contributed by atoms with E-state index in [1.54, 1.807) is 24.3 Å². The predicted molar refractivity (Wildman–Crippen MR) is 109 cm³/mol. The number of halogens is 1. The van der Waals surface area contributed by atoms with Gasteiger partial charge in [-0.1, -0.05) is 62.3 Å². The maximum Gasteiger partial charge on any atom is 0.277 e. The number of anilines is 1. The lowest BCUT2D eigenvalue weighted by Gasteiger charge is -2.18. The van der Waals surface area contributed by atoms with Gasteiger partial charge in [0, 0.05) is 16.3 Å². The zero-order valence-corrected chi connectivity index (χ0v) is 16.9. The summed E-state index contributed by atoms with van der Waals surface area (Å²) in [6.07, 6.45) is 0. The molecule has 0 aliphatic heterocycles. The summed E-state index contributed by atoms with van der Waals surface area (Å²) >= 11 is 7.10. The molecule has 1 N–H and O–H groups in total. The standard InChI is InChI=1S/C20H20ClN3O2S/c1-20(2,3)14-9-7-13(8-10-14)18-23-24-19(26-18)27-12-17(25)22-16-6-4-5-15(21)11-16/h4-11H,12H2,1-3H3,(H,22,25). The summed E-state index contributed by atoms with van der Waals surface area (Å²) in [7, 11) is 0. The van der Waals surface area contributed by atoms with Crippen LogP contribution in [0.15, 0.2) is 58.2 Å². The van der Waals surface area contributed by atoms with Crippen LogP contribution in [0, 0.1) is 0 Å². The number of carbonyl (C=O) groups is 1. The van der Waals surface area contributed by atoms with Gasteiger partial charge in [-0.2, -0.15) is 0 Å².